The summed E-state index contributed by atoms with van der Waals surface area (Å²) in [6, 6.07) is 0.185. The normalized spacial score (nSPS) is 49.9. The molecule has 0 aromatic carbocycles. The Kier molecular flexibility index (Phi) is 2.18. The molecule has 82 valence electrons. The molecule has 0 saturated heterocycles. The fourth-order valence-corrected chi connectivity index (χ4v) is 3.65. The number of hydrogen-bond donors (Lipinski definition) is 3. The number of aliphatic hydroxyl groups is 1. The van der Waals surface area contributed by atoms with E-state index in [-0.39, 0.29) is 11.5 Å². The van der Waals surface area contributed by atoms with E-state index in [0.717, 1.165) is 18.8 Å². The first-order valence-corrected chi connectivity index (χ1v) is 5.56. The van der Waals surface area contributed by atoms with Gasteiger partial charge in [-0.3, -0.25) is 0 Å². The van der Waals surface area contributed by atoms with E-state index in [1.165, 1.54) is 0 Å². The summed E-state index contributed by atoms with van der Waals surface area (Å²) < 4.78 is 0. The van der Waals surface area contributed by atoms with Crippen LogP contribution in [0.5, 0.6) is 0 Å². The van der Waals surface area contributed by atoms with Crippen LogP contribution in [-0.4, -0.2) is 30.3 Å². The van der Waals surface area contributed by atoms with Crippen LogP contribution in [0.4, 0.5) is 0 Å². The molecular formula is C11H22N2O. The third kappa shape index (κ3) is 1.03. The van der Waals surface area contributed by atoms with Crippen molar-refractivity contribution in [1.29, 1.82) is 0 Å². The largest absolute Gasteiger partial charge is 0.387 e. The van der Waals surface area contributed by atoms with Crippen molar-refractivity contribution in [3.8, 4) is 0 Å². The summed E-state index contributed by atoms with van der Waals surface area (Å²) in [5.41, 5.74) is 5.34. The van der Waals surface area contributed by atoms with E-state index in [1.54, 1.807) is 0 Å². The van der Waals surface area contributed by atoms with Crippen molar-refractivity contribution in [2.24, 2.45) is 23.0 Å². The van der Waals surface area contributed by atoms with Gasteiger partial charge in [0.25, 0.3) is 0 Å². The van der Waals surface area contributed by atoms with Gasteiger partial charge in [0.05, 0.1) is 5.60 Å². The molecule has 3 rings (SSSR count). The van der Waals surface area contributed by atoms with Gasteiger partial charge in [0, 0.05) is 12.6 Å². The first-order chi connectivity index (χ1) is 6.46. The van der Waals surface area contributed by atoms with Crippen molar-refractivity contribution in [1.82, 2.24) is 5.32 Å². The Morgan fingerprint density at radius 2 is 2.07 bits per heavy atom. The fourth-order valence-electron chi connectivity index (χ4n) is 3.65. The number of rotatable bonds is 2. The Morgan fingerprint density at radius 1 is 1.43 bits per heavy atom. The molecule has 3 nitrogen and oxygen atoms in total. The Morgan fingerprint density at radius 3 is 2.50 bits per heavy atom. The minimum Gasteiger partial charge on any atom is -0.387 e. The first-order valence-electron chi connectivity index (χ1n) is 5.56. The van der Waals surface area contributed by atoms with Gasteiger partial charge in [0.15, 0.2) is 0 Å². The third-order valence-electron chi connectivity index (χ3n) is 4.87. The van der Waals surface area contributed by atoms with Crippen LogP contribution in [0.25, 0.3) is 0 Å². The number of nitrogens with two attached hydrogens (primary N) is 1. The van der Waals surface area contributed by atoms with Crippen LogP contribution in [0, 0.1) is 17.3 Å². The molecule has 0 aromatic rings. The van der Waals surface area contributed by atoms with Gasteiger partial charge in [-0.15, -0.1) is 0 Å². The van der Waals surface area contributed by atoms with Crippen molar-refractivity contribution in [3.05, 3.63) is 0 Å². The van der Waals surface area contributed by atoms with Crippen LogP contribution in [0.15, 0.2) is 0 Å². The SMILES string of the molecule is CN[C@H]1C[C@H]2C[C@H](C2(C)C)[C@]1(O)CN. The standard InChI is InChI=1S/C11H22N2O/c1-10(2)7-4-8(10)11(14,6-12)9(5-7)13-3/h7-9,13-14H,4-6,12H2,1-3H3/t7-,8-,9+,11-/m1/s1. The van der Waals surface area contributed by atoms with E-state index < -0.39 is 5.60 Å². The van der Waals surface area contributed by atoms with Gasteiger partial charge in [0.2, 0.25) is 0 Å². The van der Waals surface area contributed by atoms with Crippen molar-refractivity contribution in [3.63, 3.8) is 0 Å². The van der Waals surface area contributed by atoms with Crippen LogP contribution in [0.2, 0.25) is 0 Å². The summed E-state index contributed by atoms with van der Waals surface area (Å²) in [6.07, 6.45) is 2.21. The number of nitrogens with one attached hydrogen (secondary N) is 1. The minimum atomic E-state index is -0.688. The Bertz CT molecular complexity index is 241. The lowest BCUT2D eigenvalue weighted by molar-refractivity contribution is -0.211. The zero-order chi connectivity index (χ0) is 10.6. The van der Waals surface area contributed by atoms with Crippen LogP contribution in [-0.2, 0) is 0 Å². The maximum absolute atomic E-state index is 10.6. The molecule has 3 fully saturated rings. The molecule has 2 bridgehead atoms. The van der Waals surface area contributed by atoms with Gasteiger partial charge in [-0.05, 0) is 37.1 Å². The second kappa shape index (κ2) is 2.94. The summed E-state index contributed by atoms with van der Waals surface area (Å²) in [5, 5.41) is 13.8. The molecule has 3 aliphatic rings. The van der Waals surface area contributed by atoms with Crippen LogP contribution in [0.3, 0.4) is 0 Å². The highest BCUT2D eigenvalue weighted by atomic mass is 16.3. The molecular weight excluding hydrogens is 176 g/mol. The van der Waals surface area contributed by atoms with E-state index in [1.807, 2.05) is 7.05 Å². The van der Waals surface area contributed by atoms with Gasteiger partial charge >= 0.3 is 0 Å². The lowest BCUT2D eigenvalue weighted by Crippen LogP contribution is -2.72. The van der Waals surface area contributed by atoms with Crippen molar-refractivity contribution < 1.29 is 5.11 Å². The predicted octanol–water partition coefficient (Wildman–Crippen LogP) is 0.330. The second-order valence-corrected chi connectivity index (χ2v) is 5.58. The molecule has 0 unspecified atom stereocenters. The summed E-state index contributed by atoms with van der Waals surface area (Å²) in [6.45, 7) is 4.90. The molecule has 0 spiro atoms. The molecule has 4 atom stereocenters. The fraction of sp³-hybridized carbons (Fsp3) is 1.00. The Hall–Kier alpha value is -0.120. The first kappa shape index (κ1) is 10.4. The quantitative estimate of drug-likeness (QED) is 0.599. The summed E-state index contributed by atoms with van der Waals surface area (Å²) in [5.74, 6) is 1.13. The minimum absolute atomic E-state index is 0.185. The van der Waals surface area contributed by atoms with Gasteiger partial charge in [-0.25, -0.2) is 0 Å². The molecule has 14 heavy (non-hydrogen) atoms. The third-order valence-corrected chi connectivity index (χ3v) is 4.87. The van der Waals surface area contributed by atoms with E-state index in [4.69, 9.17) is 5.73 Å². The zero-order valence-corrected chi connectivity index (χ0v) is 9.38. The van der Waals surface area contributed by atoms with Crippen LogP contribution in [0.1, 0.15) is 26.7 Å². The summed E-state index contributed by atoms with van der Waals surface area (Å²) >= 11 is 0. The molecule has 0 radical (unpaired) electrons. The number of likely N-dealkylation sites (N-methyl/N-ethyl adjacent to an activating group) is 1. The van der Waals surface area contributed by atoms with E-state index in [2.05, 4.69) is 19.2 Å². The van der Waals surface area contributed by atoms with Crippen LogP contribution >= 0.6 is 0 Å². The van der Waals surface area contributed by atoms with Gasteiger partial charge in [-0.1, -0.05) is 13.8 Å². The topological polar surface area (TPSA) is 58.3 Å². The summed E-state index contributed by atoms with van der Waals surface area (Å²) in [7, 11) is 1.92. The molecule has 3 saturated carbocycles. The molecule has 0 aromatic heterocycles. The molecule has 0 aliphatic heterocycles. The van der Waals surface area contributed by atoms with Gasteiger partial charge in [0.1, 0.15) is 0 Å². The lowest BCUT2D eigenvalue weighted by atomic mass is 9.43. The maximum Gasteiger partial charge on any atom is 0.0954 e. The van der Waals surface area contributed by atoms with Crippen molar-refractivity contribution >= 4 is 0 Å². The summed E-state index contributed by atoms with van der Waals surface area (Å²) in [4.78, 5) is 0. The second-order valence-electron chi connectivity index (χ2n) is 5.58. The highest BCUT2D eigenvalue weighted by Crippen LogP contribution is 2.62. The van der Waals surface area contributed by atoms with E-state index in [0.29, 0.717) is 12.5 Å². The maximum atomic E-state index is 10.6. The number of hydrogen-bond acceptors (Lipinski definition) is 3. The molecule has 4 N–H and O–H groups in total. The smallest absolute Gasteiger partial charge is 0.0954 e. The highest BCUT2D eigenvalue weighted by molar-refractivity contribution is 5.16. The number of fused-ring (bicyclic) bond motifs is 2. The van der Waals surface area contributed by atoms with E-state index in [9.17, 15) is 5.11 Å². The van der Waals surface area contributed by atoms with Gasteiger partial charge in [-0.2, -0.15) is 0 Å². The zero-order valence-electron chi connectivity index (χ0n) is 9.38. The molecule has 0 heterocycles. The van der Waals surface area contributed by atoms with Crippen molar-refractivity contribution in [2.75, 3.05) is 13.6 Å². The monoisotopic (exact) mass is 198 g/mol. The Labute approximate surface area is 86.1 Å². The van der Waals surface area contributed by atoms with Crippen LogP contribution < -0.4 is 11.1 Å². The average molecular weight is 198 g/mol. The molecule has 0 amide bonds. The highest BCUT2D eigenvalue weighted by Gasteiger charge is 2.63. The predicted molar refractivity (Wildman–Crippen MR) is 56.8 cm³/mol. The van der Waals surface area contributed by atoms with E-state index >= 15 is 0 Å². The van der Waals surface area contributed by atoms with Crippen molar-refractivity contribution in [2.45, 2.75) is 38.3 Å². The molecule has 3 aliphatic carbocycles. The Balaban J connectivity index is 2.26. The lowest BCUT2D eigenvalue weighted by Gasteiger charge is -2.65. The molecule has 3 heteroatoms. The van der Waals surface area contributed by atoms with Gasteiger partial charge < -0.3 is 16.2 Å². The average Bonchev–Trinajstić information content (AvgIpc) is 2.17.